The van der Waals surface area contributed by atoms with Crippen molar-refractivity contribution in [3.63, 3.8) is 0 Å². The minimum Gasteiger partial charge on any atom is -0.382 e. The highest BCUT2D eigenvalue weighted by Gasteiger charge is 2.19. The molecule has 0 bridgehead atoms. The molecular formula is C20H32N6. The average Bonchev–Trinajstić information content (AvgIpc) is 2.53. The lowest BCUT2D eigenvalue weighted by atomic mass is 9.95. The monoisotopic (exact) mass is 356 g/mol. The zero-order valence-electron chi connectivity index (χ0n) is 17.1. The molecule has 1 aromatic rings. The summed E-state index contributed by atoms with van der Waals surface area (Å²) >= 11 is 0. The van der Waals surface area contributed by atoms with Crippen molar-refractivity contribution in [2.24, 2.45) is 21.1 Å². The molecule has 142 valence electrons. The summed E-state index contributed by atoms with van der Waals surface area (Å²) in [4.78, 5) is 11.0. The number of nitrogens with two attached hydrogens (primary N) is 1. The number of nitrogens with zero attached hydrogens (tertiary/aromatic N) is 3. The molecule has 0 heterocycles. The molecule has 0 amide bonds. The Morgan fingerprint density at radius 1 is 1.15 bits per heavy atom. The lowest BCUT2D eigenvalue weighted by Crippen LogP contribution is -2.32. The summed E-state index contributed by atoms with van der Waals surface area (Å²) in [6.07, 6.45) is 0. The average molecular weight is 357 g/mol. The first kappa shape index (κ1) is 21.5. The second-order valence-electron chi connectivity index (χ2n) is 7.32. The summed E-state index contributed by atoms with van der Waals surface area (Å²) in [6, 6.07) is 6.06. The number of hydrogen-bond donors (Lipinski definition) is 3. The maximum atomic E-state index is 8.05. The normalized spacial score (nSPS) is 12.9. The SMILES string of the molecule is CCN(CC)c1ccc(/N=C(C(C)=N)\C(N)=N\C(=N)C(C)(C)C)c(C)c1. The van der Waals surface area contributed by atoms with Crippen molar-refractivity contribution in [1.82, 2.24) is 0 Å². The highest BCUT2D eigenvalue weighted by Crippen LogP contribution is 2.25. The van der Waals surface area contributed by atoms with E-state index in [0.717, 1.165) is 30.0 Å². The fourth-order valence-corrected chi connectivity index (χ4v) is 2.35. The quantitative estimate of drug-likeness (QED) is 0.521. The van der Waals surface area contributed by atoms with E-state index in [9.17, 15) is 0 Å². The molecule has 0 fully saturated rings. The molecule has 0 saturated heterocycles. The van der Waals surface area contributed by atoms with Gasteiger partial charge in [-0.1, -0.05) is 20.8 Å². The molecule has 6 heteroatoms. The number of amidine groups is 2. The highest BCUT2D eigenvalue weighted by molar-refractivity contribution is 6.67. The molecule has 0 atom stereocenters. The molecule has 4 N–H and O–H groups in total. The molecule has 0 saturated carbocycles. The predicted molar refractivity (Wildman–Crippen MR) is 114 cm³/mol. The van der Waals surface area contributed by atoms with Crippen LogP contribution in [0.5, 0.6) is 0 Å². The summed E-state index contributed by atoms with van der Waals surface area (Å²) < 4.78 is 0. The molecule has 0 unspecified atom stereocenters. The van der Waals surface area contributed by atoms with Crippen molar-refractivity contribution in [3.8, 4) is 0 Å². The van der Waals surface area contributed by atoms with Crippen molar-refractivity contribution in [1.29, 1.82) is 10.8 Å². The molecule has 1 rings (SSSR count). The van der Waals surface area contributed by atoms with Crippen LogP contribution >= 0.6 is 0 Å². The van der Waals surface area contributed by atoms with Crippen LogP contribution in [0, 0.1) is 23.2 Å². The van der Waals surface area contributed by atoms with E-state index >= 15 is 0 Å². The van der Waals surface area contributed by atoms with Crippen LogP contribution in [0.3, 0.4) is 0 Å². The van der Waals surface area contributed by atoms with Gasteiger partial charge < -0.3 is 16.0 Å². The standard InChI is InChI=1S/C20H32N6/c1-8-26(9-2)15-10-11-16(13(3)12-15)24-17(14(4)21)18(22)25-19(23)20(5,6)7/h10-12,21H,8-9H2,1-7H3,(H3,22,23,25)/b21-14?,24-17-. The molecule has 0 aliphatic heterocycles. The Hall–Kier alpha value is -2.50. The van der Waals surface area contributed by atoms with Gasteiger partial charge in [-0.25, -0.2) is 9.98 Å². The molecular weight excluding hydrogens is 324 g/mol. The molecule has 6 nitrogen and oxygen atoms in total. The lowest BCUT2D eigenvalue weighted by molar-refractivity contribution is 0.581. The van der Waals surface area contributed by atoms with E-state index in [4.69, 9.17) is 16.6 Å². The van der Waals surface area contributed by atoms with Crippen LogP contribution in [-0.4, -0.2) is 36.2 Å². The Bertz CT molecular complexity index is 733. The van der Waals surface area contributed by atoms with Crippen LogP contribution in [0.4, 0.5) is 11.4 Å². The van der Waals surface area contributed by atoms with Crippen LogP contribution in [0.2, 0.25) is 0 Å². The van der Waals surface area contributed by atoms with E-state index in [-0.39, 0.29) is 17.4 Å². The Morgan fingerprint density at radius 3 is 2.15 bits per heavy atom. The number of aryl methyl sites for hydroxylation is 1. The van der Waals surface area contributed by atoms with Gasteiger partial charge in [0, 0.05) is 24.2 Å². The van der Waals surface area contributed by atoms with Gasteiger partial charge in [0.1, 0.15) is 11.5 Å². The van der Waals surface area contributed by atoms with Gasteiger partial charge in [0.15, 0.2) is 5.84 Å². The zero-order valence-corrected chi connectivity index (χ0v) is 17.1. The van der Waals surface area contributed by atoms with Gasteiger partial charge in [0.25, 0.3) is 0 Å². The molecule has 0 aromatic heterocycles. The number of benzene rings is 1. The van der Waals surface area contributed by atoms with Crippen molar-refractivity contribution < 1.29 is 0 Å². The zero-order chi connectivity index (χ0) is 20.1. The third-order valence-electron chi connectivity index (χ3n) is 4.08. The van der Waals surface area contributed by atoms with E-state index < -0.39 is 5.41 Å². The summed E-state index contributed by atoms with van der Waals surface area (Å²) in [7, 11) is 0. The third kappa shape index (κ3) is 5.51. The molecule has 0 spiro atoms. The number of aliphatic imine (C=N–C) groups is 2. The van der Waals surface area contributed by atoms with Crippen LogP contribution < -0.4 is 10.6 Å². The van der Waals surface area contributed by atoms with E-state index in [1.54, 1.807) is 6.92 Å². The van der Waals surface area contributed by atoms with Crippen molar-refractivity contribution in [3.05, 3.63) is 23.8 Å². The number of rotatable bonds is 6. The largest absolute Gasteiger partial charge is 0.382 e. The first-order chi connectivity index (χ1) is 12.0. The van der Waals surface area contributed by atoms with E-state index in [0.29, 0.717) is 5.71 Å². The van der Waals surface area contributed by atoms with E-state index in [1.807, 2.05) is 39.8 Å². The van der Waals surface area contributed by atoms with Gasteiger partial charge >= 0.3 is 0 Å². The maximum Gasteiger partial charge on any atom is 0.153 e. The van der Waals surface area contributed by atoms with Crippen LogP contribution in [0.25, 0.3) is 0 Å². The maximum absolute atomic E-state index is 8.05. The second-order valence-corrected chi connectivity index (χ2v) is 7.32. The molecule has 0 aliphatic rings. The summed E-state index contributed by atoms with van der Waals surface area (Å²) in [5.41, 5.74) is 9.09. The Kier molecular flexibility index (Phi) is 7.24. The van der Waals surface area contributed by atoms with Crippen molar-refractivity contribution >= 4 is 34.5 Å². The Labute approximate surface area is 157 Å². The summed E-state index contributed by atoms with van der Waals surface area (Å²) in [5.74, 6) is 0.266. The minimum atomic E-state index is -0.410. The number of anilines is 1. The van der Waals surface area contributed by atoms with Crippen molar-refractivity contribution in [2.75, 3.05) is 18.0 Å². The van der Waals surface area contributed by atoms with Gasteiger partial charge in [0.2, 0.25) is 0 Å². The smallest absolute Gasteiger partial charge is 0.153 e. The predicted octanol–water partition coefficient (Wildman–Crippen LogP) is 4.33. The number of nitrogens with one attached hydrogen (secondary N) is 2. The van der Waals surface area contributed by atoms with Gasteiger partial charge in [-0.05, 0) is 51.5 Å². The Morgan fingerprint density at radius 2 is 1.73 bits per heavy atom. The lowest BCUT2D eigenvalue weighted by Gasteiger charge is -2.21. The third-order valence-corrected chi connectivity index (χ3v) is 4.08. The van der Waals surface area contributed by atoms with Crippen LogP contribution in [0.15, 0.2) is 28.2 Å². The fraction of sp³-hybridized carbons (Fsp3) is 0.500. The molecule has 0 aliphatic carbocycles. The topological polar surface area (TPSA) is 102 Å². The highest BCUT2D eigenvalue weighted by atomic mass is 15.1. The van der Waals surface area contributed by atoms with E-state index in [2.05, 4.69) is 34.8 Å². The van der Waals surface area contributed by atoms with Crippen molar-refractivity contribution in [2.45, 2.75) is 48.5 Å². The fourth-order valence-electron chi connectivity index (χ4n) is 2.35. The molecule has 1 aromatic carbocycles. The second kappa shape index (κ2) is 8.74. The first-order valence-corrected chi connectivity index (χ1v) is 8.94. The van der Waals surface area contributed by atoms with Gasteiger partial charge in [-0.2, -0.15) is 0 Å². The van der Waals surface area contributed by atoms with Crippen LogP contribution in [-0.2, 0) is 0 Å². The minimum absolute atomic E-state index is 0.102. The van der Waals surface area contributed by atoms with Gasteiger partial charge in [-0.3, -0.25) is 5.41 Å². The summed E-state index contributed by atoms with van der Waals surface area (Å²) in [5, 5.41) is 16.0. The molecule has 26 heavy (non-hydrogen) atoms. The first-order valence-electron chi connectivity index (χ1n) is 8.94. The summed E-state index contributed by atoms with van der Waals surface area (Å²) in [6.45, 7) is 15.5. The molecule has 0 radical (unpaired) electrons. The van der Waals surface area contributed by atoms with Crippen LogP contribution in [0.1, 0.15) is 47.1 Å². The van der Waals surface area contributed by atoms with Gasteiger partial charge in [-0.15, -0.1) is 0 Å². The Balaban J connectivity index is 3.31. The number of hydrogen-bond acceptors (Lipinski definition) is 4. The van der Waals surface area contributed by atoms with E-state index in [1.165, 1.54) is 0 Å². The van der Waals surface area contributed by atoms with Gasteiger partial charge in [0.05, 0.1) is 11.4 Å².